The quantitative estimate of drug-likeness (QED) is 0.719. The first kappa shape index (κ1) is 14.9. The van der Waals surface area contributed by atoms with Gasteiger partial charge in [0.05, 0.1) is 14.2 Å². The van der Waals surface area contributed by atoms with E-state index in [2.05, 4.69) is 15.3 Å². The average molecular weight is 322 g/mol. The molecule has 0 saturated heterocycles. The highest BCUT2D eigenvalue weighted by molar-refractivity contribution is 5.44. The number of fused-ring (bicyclic) bond motifs is 1. The smallest absolute Gasteiger partial charge is 0.299 e. The maximum absolute atomic E-state index is 12.8. The number of alkyl halides is 2. The average Bonchev–Trinajstić information content (AvgIpc) is 2.97. The molecule has 0 aliphatic carbocycles. The van der Waals surface area contributed by atoms with Gasteiger partial charge in [-0.1, -0.05) is 0 Å². The van der Waals surface area contributed by atoms with Crippen molar-refractivity contribution < 1.29 is 23.0 Å². The molecule has 0 aliphatic heterocycles. The van der Waals surface area contributed by atoms with Gasteiger partial charge in [-0.05, 0) is 6.07 Å². The number of hydrogen-bond acceptors (Lipinski definition) is 6. The van der Waals surface area contributed by atoms with E-state index in [1.54, 1.807) is 18.2 Å². The standard InChI is InChI=1S/C14H12F2N4O3/c1-21-8-5-9(22-2)7-10(6-8)23-12-4-3-11-17-18-14(13(15)16)20(11)19-12/h3-7,13H,1-2H3. The summed E-state index contributed by atoms with van der Waals surface area (Å²) in [6.45, 7) is 0. The van der Waals surface area contributed by atoms with Crippen LogP contribution < -0.4 is 14.2 Å². The van der Waals surface area contributed by atoms with Gasteiger partial charge in [-0.15, -0.1) is 15.3 Å². The molecule has 0 aliphatic rings. The van der Waals surface area contributed by atoms with Crippen molar-refractivity contribution in [3.05, 3.63) is 36.2 Å². The largest absolute Gasteiger partial charge is 0.496 e. The lowest BCUT2D eigenvalue weighted by Gasteiger charge is -2.09. The fraction of sp³-hybridized carbons (Fsp3) is 0.214. The first-order valence-electron chi connectivity index (χ1n) is 6.52. The van der Waals surface area contributed by atoms with E-state index in [9.17, 15) is 8.78 Å². The third kappa shape index (κ3) is 2.98. The molecule has 3 rings (SSSR count). The van der Waals surface area contributed by atoms with E-state index in [4.69, 9.17) is 14.2 Å². The number of aromatic nitrogens is 4. The highest BCUT2D eigenvalue weighted by Crippen LogP contribution is 2.30. The number of benzene rings is 1. The van der Waals surface area contributed by atoms with E-state index >= 15 is 0 Å². The first-order valence-corrected chi connectivity index (χ1v) is 6.52. The lowest BCUT2D eigenvalue weighted by atomic mass is 10.3. The Labute approximate surface area is 129 Å². The minimum atomic E-state index is -2.79. The monoisotopic (exact) mass is 322 g/mol. The van der Waals surface area contributed by atoms with Crippen LogP contribution in [-0.4, -0.2) is 34.0 Å². The van der Waals surface area contributed by atoms with Crippen molar-refractivity contribution in [1.82, 2.24) is 19.8 Å². The van der Waals surface area contributed by atoms with Crippen molar-refractivity contribution in [2.24, 2.45) is 0 Å². The Morgan fingerprint density at radius 1 is 0.957 bits per heavy atom. The highest BCUT2D eigenvalue weighted by Gasteiger charge is 2.17. The van der Waals surface area contributed by atoms with Crippen LogP contribution in [0.25, 0.3) is 5.65 Å². The molecule has 120 valence electrons. The predicted octanol–water partition coefficient (Wildman–Crippen LogP) is 2.87. The molecule has 1 aromatic carbocycles. The zero-order valence-electron chi connectivity index (χ0n) is 12.2. The molecular weight excluding hydrogens is 310 g/mol. The molecule has 0 fully saturated rings. The molecule has 3 aromatic rings. The second-order valence-corrected chi connectivity index (χ2v) is 4.45. The number of halogens is 2. The fourth-order valence-corrected chi connectivity index (χ4v) is 1.94. The lowest BCUT2D eigenvalue weighted by Crippen LogP contribution is -2.01. The van der Waals surface area contributed by atoms with E-state index in [0.29, 0.717) is 17.2 Å². The summed E-state index contributed by atoms with van der Waals surface area (Å²) in [7, 11) is 3.02. The van der Waals surface area contributed by atoms with Crippen LogP contribution in [0.4, 0.5) is 8.78 Å². The van der Waals surface area contributed by atoms with Crippen molar-refractivity contribution in [1.29, 1.82) is 0 Å². The molecule has 0 spiro atoms. The van der Waals surface area contributed by atoms with Crippen molar-refractivity contribution in [2.45, 2.75) is 6.43 Å². The van der Waals surface area contributed by atoms with E-state index < -0.39 is 12.2 Å². The summed E-state index contributed by atoms with van der Waals surface area (Å²) < 4.78 is 42.5. The van der Waals surface area contributed by atoms with Gasteiger partial charge in [-0.2, -0.15) is 4.52 Å². The number of hydrogen-bond donors (Lipinski definition) is 0. The second kappa shape index (κ2) is 6.03. The summed E-state index contributed by atoms with van der Waals surface area (Å²) in [6.07, 6.45) is -2.79. The number of methoxy groups -OCH3 is 2. The zero-order valence-corrected chi connectivity index (χ0v) is 12.2. The molecule has 0 amide bonds. The summed E-state index contributed by atoms with van der Waals surface area (Å²) in [4.78, 5) is 0. The third-order valence-electron chi connectivity index (χ3n) is 3.01. The van der Waals surface area contributed by atoms with E-state index in [1.807, 2.05) is 0 Å². The first-order chi connectivity index (χ1) is 11.1. The van der Waals surface area contributed by atoms with Crippen LogP contribution in [0.5, 0.6) is 23.1 Å². The molecule has 0 N–H and O–H groups in total. The fourth-order valence-electron chi connectivity index (χ4n) is 1.94. The number of nitrogens with zero attached hydrogens (tertiary/aromatic N) is 4. The molecule has 0 atom stereocenters. The van der Waals surface area contributed by atoms with Gasteiger partial charge in [0, 0.05) is 24.3 Å². The maximum Gasteiger partial charge on any atom is 0.299 e. The summed E-state index contributed by atoms with van der Waals surface area (Å²) in [5.74, 6) is 0.999. The third-order valence-corrected chi connectivity index (χ3v) is 3.01. The Morgan fingerprint density at radius 3 is 2.22 bits per heavy atom. The molecule has 0 radical (unpaired) electrons. The molecule has 9 heteroatoms. The molecular formula is C14H12F2N4O3. The Hall–Kier alpha value is -2.97. The van der Waals surface area contributed by atoms with Gasteiger partial charge >= 0.3 is 0 Å². The molecule has 0 saturated carbocycles. The van der Waals surface area contributed by atoms with Crippen LogP contribution in [0.1, 0.15) is 12.2 Å². The van der Waals surface area contributed by atoms with Crippen LogP contribution in [0.3, 0.4) is 0 Å². The second-order valence-electron chi connectivity index (χ2n) is 4.45. The maximum atomic E-state index is 12.8. The van der Waals surface area contributed by atoms with Gasteiger partial charge in [-0.25, -0.2) is 8.78 Å². The van der Waals surface area contributed by atoms with Crippen molar-refractivity contribution in [3.63, 3.8) is 0 Å². The molecule has 0 bridgehead atoms. The number of rotatable bonds is 5. The Balaban J connectivity index is 1.96. The summed E-state index contributed by atoms with van der Waals surface area (Å²) in [6, 6.07) is 7.91. The van der Waals surface area contributed by atoms with Gasteiger partial charge < -0.3 is 14.2 Å². The predicted molar refractivity (Wildman–Crippen MR) is 75.4 cm³/mol. The van der Waals surface area contributed by atoms with Crippen molar-refractivity contribution in [3.8, 4) is 23.1 Å². The summed E-state index contributed by atoms with van der Waals surface area (Å²) in [5, 5.41) is 11.0. The normalized spacial score (nSPS) is 11.0. The molecule has 2 heterocycles. The number of ether oxygens (including phenoxy) is 3. The molecule has 23 heavy (non-hydrogen) atoms. The van der Waals surface area contributed by atoms with Crippen LogP contribution in [-0.2, 0) is 0 Å². The van der Waals surface area contributed by atoms with Crippen LogP contribution in [0.15, 0.2) is 30.3 Å². The van der Waals surface area contributed by atoms with Crippen molar-refractivity contribution in [2.75, 3.05) is 14.2 Å². The SMILES string of the molecule is COc1cc(OC)cc(Oc2ccc3nnc(C(F)F)n3n2)c1. The zero-order chi connectivity index (χ0) is 16.4. The topological polar surface area (TPSA) is 70.8 Å². The Morgan fingerprint density at radius 2 is 1.61 bits per heavy atom. The van der Waals surface area contributed by atoms with E-state index in [1.165, 1.54) is 26.4 Å². The minimum absolute atomic E-state index is 0.106. The summed E-state index contributed by atoms with van der Waals surface area (Å²) >= 11 is 0. The van der Waals surface area contributed by atoms with Crippen LogP contribution in [0, 0.1) is 0 Å². The molecule has 2 aromatic heterocycles. The van der Waals surface area contributed by atoms with E-state index in [-0.39, 0.29) is 11.5 Å². The van der Waals surface area contributed by atoms with Crippen molar-refractivity contribution >= 4 is 5.65 Å². The van der Waals surface area contributed by atoms with Gasteiger partial charge in [0.2, 0.25) is 11.7 Å². The van der Waals surface area contributed by atoms with Gasteiger partial charge in [0.15, 0.2) is 5.65 Å². The van der Waals surface area contributed by atoms with E-state index in [0.717, 1.165) is 4.52 Å². The van der Waals surface area contributed by atoms with Gasteiger partial charge in [0.1, 0.15) is 17.2 Å². The van der Waals surface area contributed by atoms with Gasteiger partial charge in [-0.3, -0.25) is 0 Å². The molecule has 7 nitrogen and oxygen atoms in total. The van der Waals surface area contributed by atoms with Crippen LogP contribution in [0.2, 0.25) is 0 Å². The summed E-state index contributed by atoms with van der Waals surface area (Å²) in [5.41, 5.74) is 0.205. The van der Waals surface area contributed by atoms with Crippen LogP contribution >= 0.6 is 0 Å². The molecule has 0 unspecified atom stereocenters. The van der Waals surface area contributed by atoms with Gasteiger partial charge in [0.25, 0.3) is 6.43 Å². The Bertz CT molecular complexity index is 816. The minimum Gasteiger partial charge on any atom is -0.496 e. The Kier molecular flexibility index (Phi) is 3.92. The lowest BCUT2D eigenvalue weighted by molar-refractivity contribution is 0.137. The highest BCUT2D eigenvalue weighted by atomic mass is 19.3.